The largest absolute Gasteiger partial charge is 0.493 e. The summed E-state index contributed by atoms with van der Waals surface area (Å²) >= 11 is 5.89. The van der Waals surface area contributed by atoms with Crippen LogP contribution in [0.1, 0.15) is 28.4 Å². The van der Waals surface area contributed by atoms with Gasteiger partial charge in [-0.15, -0.1) is 0 Å². The molecule has 33 heavy (non-hydrogen) atoms. The molecule has 0 saturated heterocycles. The van der Waals surface area contributed by atoms with Gasteiger partial charge in [-0.1, -0.05) is 35.9 Å². The number of ether oxygens (including phenoxy) is 3. The highest BCUT2D eigenvalue weighted by atomic mass is 35.5. The fraction of sp³-hybridized carbons (Fsp3) is 0.160. The average Bonchev–Trinajstić information content (AvgIpc) is 2.83. The van der Waals surface area contributed by atoms with Crippen LogP contribution >= 0.6 is 11.6 Å². The van der Waals surface area contributed by atoms with Gasteiger partial charge in [-0.2, -0.15) is 5.26 Å². The highest BCUT2D eigenvalue weighted by molar-refractivity contribution is 6.30. The minimum absolute atomic E-state index is 0.197. The average molecular weight is 465 g/mol. The third kappa shape index (κ3) is 6.25. The zero-order chi connectivity index (χ0) is 23.8. The van der Waals surface area contributed by atoms with E-state index in [1.807, 2.05) is 18.2 Å². The van der Waals surface area contributed by atoms with Gasteiger partial charge in [0.25, 0.3) is 5.91 Å². The molecule has 3 aromatic rings. The number of benzene rings is 3. The summed E-state index contributed by atoms with van der Waals surface area (Å²) in [5, 5.41) is 12.4. The first-order valence-electron chi connectivity index (χ1n) is 9.97. The van der Waals surface area contributed by atoms with Gasteiger partial charge in [0.2, 0.25) is 0 Å². The number of halogens is 1. The predicted octanol–water partition coefficient (Wildman–Crippen LogP) is 4.98. The normalized spacial score (nSPS) is 11.1. The van der Waals surface area contributed by atoms with Crippen LogP contribution in [0.2, 0.25) is 5.02 Å². The number of hydrogen-bond acceptors (Lipinski definition) is 6. The van der Waals surface area contributed by atoms with E-state index in [-0.39, 0.29) is 5.56 Å². The zero-order valence-electron chi connectivity index (χ0n) is 18.0. The van der Waals surface area contributed by atoms with E-state index in [0.29, 0.717) is 34.4 Å². The quantitative estimate of drug-likeness (QED) is 0.472. The topological polar surface area (TPSA) is 97.6 Å². The van der Waals surface area contributed by atoms with Crippen LogP contribution in [0.3, 0.4) is 0 Å². The molecule has 7 nitrogen and oxygen atoms in total. The van der Waals surface area contributed by atoms with Crippen LogP contribution in [0.15, 0.2) is 66.7 Å². The number of nitrogens with zero attached hydrogens (tertiary/aromatic N) is 1. The van der Waals surface area contributed by atoms with Gasteiger partial charge in [0.05, 0.1) is 23.9 Å². The monoisotopic (exact) mass is 464 g/mol. The minimum atomic E-state index is -1.09. The molecule has 0 aliphatic rings. The predicted molar refractivity (Wildman–Crippen MR) is 123 cm³/mol. The number of anilines is 1. The third-order valence-electron chi connectivity index (χ3n) is 4.67. The number of esters is 1. The molecule has 0 bridgehead atoms. The van der Waals surface area contributed by atoms with Crippen LogP contribution in [0.4, 0.5) is 5.69 Å². The summed E-state index contributed by atoms with van der Waals surface area (Å²) in [4.78, 5) is 25.0. The van der Waals surface area contributed by atoms with Crippen molar-refractivity contribution in [2.24, 2.45) is 0 Å². The van der Waals surface area contributed by atoms with Gasteiger partial charge in [-0.3, -0.25) is 4.79 Å². The van der Waals surface area contributed by atoms with E-state index in [9.17, 15) is 9.59 Å². The van der Waals surface area contributed by atoms with E-state index in [4.69, 9.17) is 31.1 Å². The lowest BCUT2D eigenvalue weighted by atomic mass is 10.2. The van der Waals surface area contributed by atoms with Gasteiger partial charge >= 0.3 is 5.97 Å². The molecule has 3 rings (SSSR count). The molecule has 0 aromatic heterocycles. The Morgan fingerprint density at radius 2 is 1.79 bits per heavy atom. The molecule has 168 valence electrons. The molecule has 0 aliphatic heterocycles. The van der Waals surface area contributed by atoms with Crippen molar-refractivity contribution in [2.75, 3.05) is 12.4 Å². The van der Waals surface area contributed by atoms with Gasteiger partial charge in [0.15, 0.2) is 17.6 Å². The van der Waals surface area contributed by atoms with Gasteiger partial charge < -0.3 is 19.5 Å². The van der Waals surface area contributed by atoms with Crippen LogP contribution in [0.5, 0.6) is 11.5 Å². The molecule has 3 aromatic carbocycles. The van der Waals surface area contributed by atoms with Gasteiger partial charge in [-0.25, -0.2) is 4.79 Å². The van der Waals surface area contributed by atoms with Crippen LogP contribution < -0.4 is 14.8 Å². The summed E-state index contributed by atoms with van der Waals surface area (Å²) in [6, 6.07) is 20.4. The Morgan fingerprint density at radius 3 is 2.48 bits per heavy atom. The summed E-state index contributed by atoms with van der Waals surface area (Å²) in [6.45, 7) is 1.74. The maximum absolute atomic E-state index is 12.6. The van der Waals surface area contributed by atoms with E-state index >= 15 is 0 Å². The molecule has 0 fully saturated rings. The molecule has 1 atom stereocenters. The number of nitrogens with one attached hydrogen (secondary N) is 1. The molecule has 0 aliphatic carbocycles. The van der Waals surface area contributed by atoms with E-state index in [2.05, 4.69) is 5.32 Å². The summed E-state index contributed by atoms with van der Waals surface area (Å²) in [7, 11) is 1.46. The Bertz CT molecular complexity index is 1190. The van der Waals surface area contributed by atoms with Gasteiger partial charge in [0.1, 0.15) is 12.7 Å². The molecule has 0 radical (unpaired) electrons. The second kappa shape index (κ2) is 11.0. The SMILES string of the molecule is COc1cc(C(=O)OC(C)C(=O)Nc2ccccc2C#N)ccc1OCc1ccc(Cl)cc1. The van der Waals surface area contributed by atoms with E-state index < -0.39 is 18.0 Å². The number of para-hydroxylation sites is 1. The minimum Gasteiger partial charge on any atom is -0.493 e. The Balaban J connectivity index is 1.63. The maximum atomic E-state index is 12.6. The molecule has 8 heteroatoms. The Morgan fingerprint density at radius 1 is 1.06 bits per heavy atom. The molecular weight excluding hydrogens is 444 g/mol. The lowest BCUT2D eigenvalue weighted by Gasteiger charge is -2.15. The highest BCUT2D eigenvalue weighted by Gasteiger charge is 2.21. The fourth-order valence-corrected chi connectivity index (χ4v) is 2.99. The lowest BCUT2D eigenvalue weighted by molar-refractivity contribution is -0.123. The summed E-state index contributed by atoms with van der Waals surface area (Å²) in [5.41, 5.74) is 1.77. The lowest BCUT2D eigenvalue weighted by Crippen LogP contribution is -2.30. The fourth-order valence-electron chi connectivity index (χ4n) is 2.86. The summed E-state index contributed by atoms with van der Waals surface area (Å²) in [6.07, 6.45) is -1.09. The van der Waals surface area contributed by atoms with Crippen LogP contribution in [-0.4, -0.2) is 25.1 Å². The summed E-state index contributed by atoms with van der Waals surface area (Å²) in [5.74, 6) is -0.462. The Hall–Kier alpha value is -4.02. The molecule has 1 unspecified atom stereocenters. The first-order chi connectivity index (χ1) is 15.9. The second-order valence-corrected chi connectivity index (χ2v) is 7.41. The Labute approximate surface area is 196 Å². The van der Waals surface area contributed by atoms with Crippen LogP contribution in [0.25, 0.3) is 0 Å². The van der Waals surface area contributed by atoms with E-state index in [1.54, 1.807) is 42.5 Å². The molecule has 0 spiro atoms. The van der Waals surface area contributed by atoms with Crippen molar-refractivity contribution in [2.45, 2.75) is 19.6 Å². The van der Waals surface area contributed by atoms with Crippen molar-refractivity contribution in [1.29, 1.82) is 5.26 Å². The number of rotatable bonds is 8. The molecular formula is C25H21ClN2O5. The van der Waals surface area contributed by atoms with Crippen molar-refractivity contribution in [3.8, 4) is 17.6 Å². The van der Waals surface area contributed by atoms with E-state index in [0.717, 1.165) is 5.56 Å². The third-order valence-corrected chi connectivity index (χ3v) is 4.92. The van der Waals surface area contributed by atoms with Gasteiger partial charge in [0, 0.05) is 5.02 Å². The molecule has 0 saturated carbocycles. The number of methoxy groups -OCH3 is 1. The zero-order valence-corrected chi connectivity index (χ0v) is 18.8. The number of carbonyl (C=O) groups excluding carboxylic acids is 2. The number of carbonyl (C=O) groups is 2. The second-order valence-electron chi connectivity index (χ2n) is 6.97. The number of nitriles is 1. The van der Waals surface area contributed by atoms with Gasteiger partial charge in [-0.05, 0) is 55.0 Å². The van der Waals surface area contributed by atoms with Crippen LogP contribution in [0, 0.1) is 11.3 Å². The molecule has 0 heterocycles. The van der Waals surface area contributed by atoms with Crippen molar-refractivity contribution < 1.29 is 23.8 Å². The number of hydrogen-bond donors (Lipinski definition) is 1. The smallest absolute Gasteiger partial charge is 0.339 e. The maximum Gasteiger partial charge on any atom is 0.339 e. The first kappa shape index (κ1) is 23.6. The van der Waals surface area contributed by atoms with Crippen molar-refractivity contribution in [1.82, 2.24) is 0 Å². The van der Waals surface area contributed by atoms with Crippen molar-refractivity contribution in [3.05, 3.63) is 88.4 Å². The summed E-state index contributed by atoms with van der Waals surface area (Å²) < 4.78 is 16.4. The highest BCUT2D eigenvalue weighted by Crippen LogP contribution is 2.29. The standard InChI is InChI=1S/C25H21ClN2O5/c1-16(24(29)28-21-6-4-3-5-19(21)14-27)33-25(30)18-9-12-22(23(13-18)31-2)32-15-17-7-10-20(26)11-8-17/h3-13,16H,15H2,1-2H3,(H,28,29). The molecule has 1 N–H and O–H groups in total. The van der Waals surface area contributed by atoms with E-state index in [1.165, 1.54) is 26.2 Å². The van der Waals surface area contributed by atoms with Crippen LogP contribution in [-0.2, 0) is 16.1 Å². The van der Waals surface area contributed by atoms with Crippen molar-refractivity contribution >= 4 is 29.2 Å². The Kier molecular flexibility index (Phi) is 7.90. The number of amides is 1. The van der Waals surface area contributed by atoms with Crippen molar-refractivity contribution in [3.63, 3.8) is 0 Å². The molecule has 1 amide bonds. The first-order valence-corrected chi connectivity index (χ1v) is 10.4.